The summed E-state index contributed by atoms with van der Waals surface area (Å²) in [6, 6.07) is 11.1. The molecule has 0 bridgehead atoms. The number of nitrogens with one attached hydrogen (secondary N) is 1. The zero-order valence-corrected chi connectivity index (χ0v) is 18.7. The van der Waals surface area contributed by atoms with E-state index in [0.717, 1.165) is 6.42 Å². The van der Waals surface area contributed by atoms with Crippen LogP contribution >= 0.6 is 0 Å². The second-order valence-electron chi connectivity index (χ2n) is 8.19. The SMILES string of the molecule is CC(=O)c1ccc2c(c1)S(=O)(=O)N=C(c1c(O)c3ccccc3n(CCC(C)C)c1=O)N2. The molecule has 0 saturated heterocycles. The van der Waals surface area contributed by atoms with Gasteiger partial charge in [-0.2, -0.15) is 8.42 Å². The van der Waals surface area contributed by atoms with Gasteiger partial charge in [-0.05, 0) is 49.6 Å². The molecule has 0 radical (unpaired) electrons. The summed E-state index contributed by atoms with van der Waals surface area (Å²) in [6.45, 7) is 5.83. The molecule has 8 nitrogen and oxygen atoms in total. The predicted molar refractivity (Wildman–Crippen MR) is 123 cm³/mol. The average Bonchev–Trinajstić information content (AvgIpc) is 2.73. The fourth-order valence-electron chi connectivity index (χ4n) is 3.70. The minimum atomic E-state index is -4.21. The van der Waals surface area contributed by atoms with Gasteiger partial charge in [0.15, 0.2) is 11.6 Å². The van der Waals surface area contributed by atoms with Crippen molar-refractivity contribution in [1.82, 2.24) is 4.57 Å². The van der Waals surface area contributed by atoms with Crippen LogP contribution in [0.25, 0.3) is 10.9 Å². The molecule has 0 spiro atoms. The number of carbonyl (C=O) groups excluding carboxylic acids is 1. The Labute approximate surface area is 185 Å². The number of benzene rings is 2. The Kier molecular flexibility index (Phi) is 5.37. The zero-order valence-electron chi connectivity index (χ0n) is 17.9. The van der Waals surface area contributed by atoms with E-state index in [1.165, 1.54) is 29.7 Å². The number of carbonyl (C=O) groups is 1. The maximum atomic E-state index is 13.4. The summed E-state index contributed by atoms with van der Waals surface area (Å²) in [6.07, 6.45) is 0.725. The van der Waals surface area contributed by atoms with Gasteiger partial charge in [-0.15, -0.1) is 4.40 Å². The lowest BCUT2D eigenvalue weighted by atomic mass is 10.1. The second-order valence-corrected chi connectivity index (χ2v) is 9.76. The summed E-state index contributed by atoms with van der Waals surface area (Å²) in [5.41, 5.74) is 0.229. The molecule has 9 heteroatoms. The molecule has 1 aliphatic heterocycles. The van der Waals surface area contributed by atoms with Gasteiger partial charge in [-0.1, -0.05) is 26.0 Å². The van der Waals surface area contributed by atoms with Crippen molar-refractivity contribution in [1.29, 1.82) is 0 Å². The van der Waals surface area contributed by atoms with E-state index in [-0.39, 0.29) is 39.1 Å². The molecule has 2 heterocycles. The van der Waals surface area contributed by atoms with Crippen LogP contribution in [0.1, 0.15) is 43.1 Å². The third-order valence-corrected chi connectivity index (χ3v) is 6.76. The first-order valence-corrected chi connectivity index (χ1v) is 11.7. The van der Waals surface area contributed by atoms with Gasteiger partial charge >= 0.3 is 0 Å². The van der Waals surface area contributed by atoms with E-state index >= 15 is 0 Å². The van der Waals surface area contributed by atoms with Crippen LogP contribution in [0.2, 0.25) is 0 Å². The molecule has 1 aliphatic rings. The Balaban J connectivity index is 1.94. The van der Waals surface area contributed by atoms with Crippen LogP contribution < -0.4 is 10.9 Å². The largest absolute Gasteiger partial charge is 0.506 e. The Morgan fingerprint density at radius 1 is 1.19 bits per heavy atom. The summed E-state index contributed by atoms with van der Waals surface area (Å²) in [7, 11) is -4.21. The van der Waals surface area contributed by atoms with Gasteiger partial charge in [0.25, 0.3) is 15.6 Å². The van der Waals surface area contributed by atoms with Crippen LogP contribution in [0.3, 0.4) is 0 Å². The van der Waals surface area contributed by atoms with Gasteiger partial charge in [-0.25, -0.2) is 0 Å². The number of pyridine rings is 1. The number of aromatic nitrogens is 1. The Hall–Kier alpha value is -3.46. The number of nitrogens with zero attached hydrogens (tertiary/aromatic N) is 2. The molecule has 0 saturated carbocycles. The molecular weight excluding hydrogens is 430 g/mol. The number of ketones is 1. The topological polar surface area (TPSA) is 118 Å². The van der Waals surface area contributed by atoms with Gasteiger partial charge in [0.1, 0.15) is 16.2 Å². The molecule has 1 aromatic heterocycles. The fraction of sp³-hybridized carbons (Fsp3) is 0.261. The van der Waals surface area contributed by atoms with Gasteiger partial charge in [-0.3, -0.25) is 9.59 Å². The highest BCUT2D eigenvalue weighted by atomic mass is 32.2. The molecule has 2 aromatic carbocycles. The molecular formula is C23H23N3O5S. The zero-order chi connectivity index (χ0) is 23.2. The highest BCUT2D eigenvalue weighted by molar-refractivity contribution is 7.90. The Bertz CT molecular complexity index is 1450. The molecule has 166 valence electrons. The van der Waals surface area contributed by atoms with Gasteiger partial charge in [0.2, 0.25) is 0 Å². The molecule has 0 atom stereocenters. The molecule has 0 aliphatic carbocycles. The lowest BCUT2D eigenvalue weighted by Crippen LogP contribution is -2.33. The van der Waals surface area contributed by atoms with Crippen molar-refractivity contribution in [2.45, 2.75) is 38.6 Å². The normalized spacial score (nSPS) is 14.7. The number of sulfonamides is 1. The lowest BCUT2D eigenvalue weighted by molar-refractivity contribution is 0.101. The average molecular weight is 454 g/mol. The molecule has 2 N–H and O–H groups in total. The van der Waals surface area contributed by atoms with E-state index in [0.29, 0.717) is 23.4 Å². The van der Waals surface area contributed by atoms with Crippen LogP contribution in [0, 0.1) is 5.92 Å². The first kappa shape index (κ1) is 21.8. The maximum Gasteiger partial charge on any atom is 0.286 e. The Morgan fingerprint density at radius 2 is 1.91 bits per heavy atom. The summed E-state index contributed by atoms with van der Waals surface area (Å²) in [5, 5.41) is 14.2. The van der Waals surface area contributed by atoms with E-state index in [9.17, 15) is 23.1 Å². The number of amidine groups is 1. The Morgan fingerprint density at radius 3 is 2.59 bits per heavy atom. The van der Waals surface area contributed by atoms with Gasteiger partial charge < -0.3 is 15.0 Å². The van der Waals surface area contributed by atoms with E-state index in [1.54, 1.807) is 24.3 Å². The number of Topliss-reactive ketones (excluding diaryl/α,β-unsaturated/α-hetero) is 1. The molecule has 4 rings (SSSR count). The number of aromatic hydroxyl groups is 1. The van der Waals surface area contributed by atoms with Crippen LogP contribution in [0.5, 0.6) is 5.75 Å². The number of hydrogen-bond acceptors (Lipinski definition) is 6. The number of aryl methyl sites for hydroxylation is 1. The third kappa shape index (κ3) is 3.69. The molecule has 0 amide bonds. The fourth-order valence-corrected chi connectivity index (χ4v) is 4.85. The van der Waals surface area contributed by atoms with Gasteiger partial charge in [0, 0.05) is 17.5 Å². The smallest absolute Gasteiger partial charge is 0.286 e. The van der Waals surface area contributed by atoms with Crippen molar-refractivity contribution in [2.75, 3.05) is 5.32 Å². The second kappa shape index (κ2) is 7.90. The van der Waals surface area contributed by atoms with Crippen LogP contribution in [0.4, 0.5) is 5.69 Å². The van der Waals surface area contributed by atoms with E-state index < -0.39 is 15.6 Å². The third-order valence-electron chi connectivity index (χ3n) is 5.44. The summed E-state index contributed by atoms with van der Waals surface area (Å²) >= 11 is 0. The summed E-state index contributed by atoms with van der Waals surface area (Å²) in [4.78, 5) is 24.9. The first-order valence-electron chi connectivity index (χ1n) is 10.2. The van der Waals surface area contributed by atoms with Crippen molar-refractivity contribution >= 4 is 38.2 Å². The van der Waals surface area contributed by atoms with Crippen molar-refractivity contribution in [3.05, 3.63) is 63.9 Å². The number of rotatable bonds is 5. The van der Waals surface area contributed by atoms with Crippen molar-refractivity contribution in [3.8, 4) is 5.75 Å². The van der Waals surface area contributed by atoms with Gasteiger partial charge in [0.05, 0.1) is 11.2 Å². The number of hydrogen-bond donors (Lipinski definition) is 2. The minimum absolute atomic E-state index is 0.158. The molecule has 3 aromatic rings. The molecule has 0 unspecified atom stereocenters. The number of fused-ring (bicyclic) bond motifs is 2. The van der Waals surface area contributed by atoms with E-state index in [2.05, 4.69) is 9.71 Å². The molecule has 0 fully saturated rings. The highest BCUT2D eigenvalue weighted by Crippen LogP contribution is 2.33. The maximum absolute atomic E-state index is 13.4. The van der Waals surface area contributed by atoms with E-state index in [4.69, 9.17) is 0 Å². The summed E-state index contributed by atoms with van der Waals surface area (Å²) in [5.74, 6) is -0.528. The van der Waals surface area contributed by atoms with Crippen LogP contribution in [-0.4, -0.2) is 29.7 Å². The molecule has 32 heavy (non-hydrogen) atoms. The predicted octanol–water partition coefficient (Wildman–Crippen LogP) is 3.52. The number of anilines is 1. The van der Waals surface area contributed by atoms with Crippen LogP contribution in [0.15, 0.2) is 56.6 Å². The monoisotopic (exact) mass is 453 g/mol. The standard InChI is InChI=1S/C23H23N3O5S/c1-13(2)10-11-26-18-7-5-4-6-16(18)21(28)20(23(26)29)22-24-17-9-8-15(14(3)27)12-19(17)32(30,31)25-22/h4-9,12-13,28H,10-11H2,1-3H3,(H,24,25). The van der Waals surface area contributed by atoms with Crippen molar-refractivity contribution < 1.29 is 18.3 Å². The van der Waals surface area contributed by atoms with E-state index in [1.807, 2.05) is 13.8 Å². The number of para-hydroxylation sites is 1. The van der Waals surface area contributed by atoms with Crippen LogP contribution in [-0.2, 0) is 16.6 Å². The minimum Gasteiger partial charge on any atom is -0.506 e. The first-order chi connectivity index (χ1) is 15.1. The highest BCUT2D eigenvalue weighted by Gasteiger charge is 2.30. The quantitative estimate of drug-likeness (QED) is 0.571. The lowest BCUT2D eigenvalue weighted by Gasteiger charge is -2.21. The summed E-state index contributed by atoms with van der Waals surface area (Å²) < 4.78 is 31.1. The van der Waals surface area contributed by atoms with Crippen molar-refractivity contribution in [3.63, 3.8) is 0 Å². The van der Waals surface area contributed by atoms with Crippen molar-refractivity contribution in [2.24, 2.45) is 10.3 Å².